The van der Waals surface area contributed by atoms with E-state index < -0.39 is 5.41 Å². The Labute approximate surface area is 201 Å². The Morgan fingerprint density at radius 2 is 1.68 bits per heavy atom. The Hall–Kier alpha value is -2.66. The second-order valence-corrected chi connectivity index (χ2v) is 10.8. The van der Waals surface area contributed by atoms with Crippen LogP contribution >= 0.6 is 0 Å². The van der Waals surface area contributed by atoms with E-state index in [0.29, 0.717) is 5.92 Å². The predicted molar refractivity (Wildman–Crippen MR) is 131 cm³/mol. The SMILES string of the molecule is O=C(O[C@H]1C[N+]2(Cc3nc4ccccc4o3)CCC1CC2)C1(c2ccccc2)CCCCCC1. The molecule has 7 rings (SSSR count). The molecule has 4 fully saturated rings. The zero-order valence-corrected chi connectivity index (χ0v) is 20.0. The van der Waals surface area contributed by atoms with Crippen LogP contribution in [0.15, 0.2) is 59.0 Å². The van der Waals surface area contributed by atoms with Gasteiger partial charge in [-0.1, -0.05) is 68.1 Å². The Balaban J connectivity index is 1.23. The van der Waals surface area contributed by atoms with E-state index in [1.54, 1.807) is 0 Å². The number of para-hydroxylation sites is 2. The number of piperidine rings is 3. The molecule has 1 saturated carbocycles. The minimum atomic E-state index is -0.491. The van der Waals surface area contributed by atoms with E-state index in [0.717, 1.165) is 91.7 Å². The molecule has 1 atom stereocenters. The molecule has 34 heavy (non-hydrogen) atoms. The summed E-state index contributed by atoms with van der Waals surface area (Å²) in [5, 5.41) is 0. The maximum Gasteiger partial charge on any atom is 0.317 e. The molecule has 0 amide bonds. The molecular weight excluding hydrogens is 424 g/mol. The van der Waals surface area contributed by atoms with Crippen LogP contribution in [0.1, 0.15) is 62.8 Å². The highest BCUT2D eigenvalue weighted by atomic mass is 16.5. The maximum absolute atomic E-state index is 13.9. The van der Waals surface area contributed by atoms with Gasteiger partial charge in [0.15, 0.2) is 18.2 Å². The third kappa shape index (κ3) is 3.94. The van der Waals surface area contributed by atoms with Crippen molar-refractivity contribution in [2.45, 2.75) is 69.4 Å². The summed E-state index contributed by atoms with van der Waals surface area (Å²) in [5.41, 5.74) is 2.42. The Bertz CT molecular complexity index is 1110. The van der Waals surface area contributed by atoms with E-state index in [9.17, 15) is 4.79 Å². The van der Waals surface area contributed by atoms with Crippen molar-refractivity contribution in [1.29, 1.82) is 0 Å². The highest BCUT2D eigenvalue weighted by Crippen LogP contribution is 2.42. The van der Waals surface area contributed by atoms with Crippen LogP contribution in [0.5, 0.6) is 0 Å². The number of fused-ring (bicyclic) bond motifs is 4. The largest absolute Gasteiger partial charge is 0.455 e. The van der Waals surface area contributed by atoms with Crippen molar-refractivity contribution in [1.82, 2.24) is 4.98 Å². The second kappa shape index (κ2) is 8.84. The first kappa shape index (κ1) is 21.8. The molecule has 0 radical (unpaired) electrons. The number of carbonyl (C=O) groups excluding carboxylic acids is 1. The van der Waals surface area contributed by atoms with Crippen LogP contribution in [0.25, 0.3) is 11.1 Å². The minimum absolute atomic E-state index is 0.0109. The predicted octanol–water partition coefficient (Wildman–Crippen LogP) is 5.77. The number of ether oxygens (including phenoxy) is 1. The third-order valence-corrected chi connectivity index (χ3v) is 8.78. The lowest BCUT2D eigenvalue weighted by Gasteiger charge is -2.51. The average molecular weight is 460 g/mol. The number of nitrogens with zero attached hydrogens (tertiary/aromatic N) is 2. The van der Waals surface area contributed by atoms with Crippen LogP contribution in [0.2, 0.25) is 0 Å². The number of oxazole rings is 1. The van der Waals surface area contributed by atoms with Crippen molar-refractivity contribution in [2.24, 2.45) is 5.92 Å². The summed E-state index contributed by atoms with van der Waals surface area (Å²) >= 11 is 0. The van der Waals surface area contributed by atoms with Gasteiger partial charge in [0.05, 0.1) is 18.5 Å². The lowest BCUT2D eigenvalue weighted by Crippen LogP contribution is -2.64. The first-order valence-electron chi connectivity index (χ1n) is 13.1. The van der Waals surface area contributed by atoms with Gasteiger partial charge in [-0.3, -0.25) is 4.79 Å². The topological polar surface area (TPSA) is 52.3 Å². The standard InChI is InChI=1S/C29H35N2O3/c32-28(29(16-8-1-2-9-17-29)23-10-4-3-5-11-23)34-26-20-31(18-14-22(26)15-19-31)21-27-30-24-12-6-7-13-25(24)33-27/h3-7,10-13,22,26H,1-2,8-9,14-21H2/q+1/t22?,26-,31?/m0/s1. The van der Waals surface area contributed by atoms with E-state index in [1.165, 1.54) is 12.8 Å². The highest BCUT2D eigenvalue weighted by Gasteiger charge is 2.50. The van der Waals surface area contributed by atoms with Crippen LogP contribution in [-0.2, 0) is 21.5 Å². The monoisotopic (exact) mass is 459 g/mol. The fraction of sp³-hybridized carbons (Fsp3) is 0.517. The number of aromatic nitrogens is 1. The molecule has 1 aliphatic carbocycles. The molecule has 1 aromatic heterocycles. The van der Waals surface area contributed by atoms with Gasteiger partial charge < -0.3 is 13.6 Å². The second-order valence-electron chi connectivity index (χ2n) is 10.8. The first-order valence-corrected chi connectivity index (χ1v) is 13.1. The van der Waals surface area contributed by atoms with Crippen molar-refractivity contribution >= 4 is 17.1 Å². The van der Waals surface area contributed by atoms with Gasteiger partial charge in [0.1, 0.15) is 12.1 Å². The molecule has 178 valence electrons. The number of hydrogen-bond acceptors (Lipinski definition) is 4. The van der Waals surface area contributed by atoms with Gasteiger partial charge in [-0.15, -0.1) is 0 Å². The van der Waals surface area contributed by atoms with Crippen LogP contribution in [0.4, 0.5) is 0 Å². The van der Waals surface area contributed by atoms with E-state index in [1.807, 2.05) is 30.3 Å². The van der Waals surface area contributed by atoms with Gasteiger partial charge in [0.25, 0.3) is 5.89 Å². The quantitative estimate of drug-likeness (QED) is 0.276. The first-order chi connectivity index (χ1) is 16.7. The lowest BCUT2D eigenvalue weighted by atomic mass is 9.74. The molecule has 3 aromatic rings. The summed E-state index contributed by atoms with van der Waals surface area (Å²) < 4.78 is 13.5. The smallest absolute Gasteiger partial charge is 0.317 e. The number of benzene rings is 2. The Kier molecular flexibility index (Phi) is 5.68. The molecular formula is C29H35N2O3+. The van der Waals surface area contributed by atoms with Crippen molar-refractivity contribution in [2.75, 3.05) is 19.6 Å². The number of hydrogen-bond donors (Lipinski definition) is 0. The van der Waals surface area contributed by atoms with Gasteiger partial charge >= 0.3 is 5.97 Å². The summed E-state index contributed by atoms with van der Waals surface area (Å²) in [6.45, 7) is 3.88. The minimum Gasteiger partial charge on any atom is -0.455 e. The molecule has 4 aliphatic rings. The van der Waals surface area contributed by atoms with Crippen molar-refractivity contribution in [3.05, 3.63) is 66.1 Å². The molecule has 5 heteroatoms. The van der Waals surface area contributed by atoms with Gasteiger partial charge in [0.2, 0.25) is 0 Å². The van der Waals surface area contributed by atoms with Crippen LogP contribution in [0, 0.1) is 5.92 Å². The zero-order valence-electron chi connectivity index (χ0n) is 20.0. The van der Waals surface area contributed by atoms with Gasteiger partial charge in [-0.2, -0.15) is 0 Å². The summed E-state index contributed by atoms with van der Waals surface area (Å²) in [7, 11) is 0. The van der Waals surface area contributed by atoms with Gasteiger partial charge in [-0.05, 0) is 30.5 Å². The van der Waals surface area contributed by atoms with E-state index >= 15 is 0 Å². The van der Waals surface area contributed by atoms with Crippen molar-refractivity contribution < 1.29 is 18.4 Å². The zero-order chi connectivity index (χ0) is 23.0. The number of esters is 1. The fourth-order valence-electron chi connectivity index (χ4n) is 6.80. The molecule has 3 saturated heterocycles. The molecule has 0 unspecified atom stereocenters. The van der Waals surface area contributed by atoms with Crippen LogP contribution < -0.4 is 0 Å². The average Bonchev–Trinajstić information content (AvgIpc) is 3.10. The lowest BCUT2D eigenvalue weighted by molar-refractivity contribution is -0.959. The Morgan fingerprint density at radius 1 is 0.971 bits per heavy atom. The van der Waals surface area contributed by atoms with Crippen LogP contribution in [-0.4, -0.2) is 41.2 Å². The van der Waals surface area contributed by atoms with Gasteiger partial charge in [0, 0.05) is 18.8 Å². The van der Waals surface area contributed by atoms with Crippen LogP contribution in [0.3, 0.4) is 0 Å². The highest BCUT2D eigenvalue weighted by molar-refractivity contribution is 5.83. The molecule has 5 nitrogen and oxygen atoms in total. The fourth-order valence-corrected chi connectivity index (χ4v) is 6.80. The third-order valence-electron chi connectivity index (χ3n) is 8.78. The normalized spacial score (nSPS) is 28.5. The summed E-state index contributed by atoms with van der Waals surface area (Å²) in [6.07, 6.45) is 8.60. The van der Waals surface area contributed by atoms with Gasteiger partial charge in [-0.25, -0.2) is 4.98 Å². The molecule has 2 aromatic carbocycles. The molecule has 2 bridgehead atoms. The number of rotatable bonds is 5. The molecule has 0 N–H and O–H groups in total. The van der Waals surface area contributed by atoms with Crippen molar-refractivity contribution in [3.63, 3.8) is 0 Å². The molecule has 0 spiro atoms. The summed E-state index contributed by atoms with van der Waals surface area (Å²) in [6, 6.07) is 18.4. The van der Waals surface area contributed by atoms with Crippen molar-refractivity contribution in [3.8, 4) is 0 Å². The van der Waals surface area contributed by atoms with E-state index in [4.69, 9.17) is 14.1 Å². The van der Waals surface area contributed by atoms with E-state index in [2.05, 4.69) is 24.3 Å². The Morgan fingerprint density at radius 3 is 2.41 bits per heavy atom. The molecule has 4 heterocycles. The maximum atomic E-state index is 13.9. The number of carbonyl (C=O) groups is 1. The van der Waals surface area contributed by atoms with E-state index in [-0.39, 0.29) is 12.1 Å². The summed E-state index contributed by atoms with van der Waals surface area (Å²) in [4.78, 5) is 18.7. The molecule has 3 aliphatic heterocycles. The number of quaternary nitrogens is 1. The summed E-state index contributed by atoms with van der Waals surface area (Å²) in [5.74, 6) is 1.29.